The Morgan fingerprint density at radius 2 is 1.55 bits per heavy atom. The third-order valence-electron chi connectivity index (χ3n) is 17.1. The quantitative estimate of drug-likeness (QED) is 0.221. The molecule has 0 aromatic carbocycles. The number of nitrogens with one attached hydrogen (secondary N) is 1. The highest BCUT2D eigenvalue weighted by molar-refractivity contribution is 7.91. The molecule has 1 saturated heterocycles. The van der Waals surface area contributed by atoms with Crippen molar-refractivity contribution in [1.29, 1.82) is 0 Å². The number of nitrogens with zero attached hydrogens (tertiary/aromatic N) is 1. The summed E-state index contributed by atoms with van der Waals surface area (Å²) in [4.78, 5) is 27.0. The average molecular weight is 733 g/mol. The number of carboxylic acid groups (broad SMARTS) is 1. The zero-order valence-corrected chi connectivity index (χ0v) is 34.4. The predicted octanol–water partition coefficient (Wildman–Crippen LogP) is 7.60. The summed E-state index contributed by atoms with van der Waals surface area (Å²) in [5.74, 6) is 3.37. The van der Waals surface area contributed by atoms with Crippen LogP contribution in [0, 0.1) is 62.6 Å². The minimum Gasteiger partial charge on any atom is -0.481 e. The lowest BCUT2D eigenvalue weighted by Gasteiger charge is -2.73. The van der Waals surface area contributed by atoms with Crippen LogP contribution in [0.4, 0.5) is 0 Å². The molecular weight excluding hydrogens is 661 g/mol. The first-order valence-electron chi connectivity index (χ1n) is 20.7. The summed E-state index contributed by atoms with van der Waals surface area (Å²) >= 11 is 0. The van der Waals surface area contributed by atoms with Crippen LogP contribution < -0.4 is 5.32 Å². The summed E-state index contributed by atoms with van der Waals surface area (Å²) < 4.78 is 30.4. The molecule has 5 aliphatic carbocycles. The lowest BCUT2D eigenvalue weighted by Crippen LogP contribution is -2.69. The molecule has 292 valence electrons. The maximum atomic E-state index is 13.2. The highest BCUT2D eigenvalue weighted by Gasteiger charge is 2.71. The molecule has 10 atom stereocenters. The minimum atomic E-state index is -2.86. The summed E-state index contributed by atoms with van der Waals surface area (Å²) in [5.41, 5.74) is 0.151. The largest absolute Gasteiger partial charge is 0.481 e. The van der Waals surface area contributed by atoms with E-state index in [1.54, 1.807) is 0 Å². The van der Waals surface area contributed by atoms with Gasteiger partial charge in [0.2, 0.25) is 0 Å². The van der Waals surface area contributed by atoms with Crippen molar-refractivity contribution in [3.8, 4) is 0 Å². The van der Waals surface area contributed by atoms with E-state index in [9.17, 15) is 23.1 Å². The molecule has 51 heavy (non-hydrogen) atoms. The van der Waals surface area contributed by atoms with E-state index in [0.717, 1.165) is 31.8 Å². The van der Waals surface area contributed by atoms with Crippen molar-refractivity contribution in [2.24, 2.45) is 62.6 Å². The van der Waals surface area contributed by atoms with E-state index < -0.39 is 21.2 Å². The highest BCUT2D eigenvalue weighted by atomic mass is 32.2. The Morgan fingerprint density at radius 3 is 2.20 bits per heavy atom. The van der Waals surface area contributed by atoms with Crippen molar-refractivity contribution < 1.29 is 27.9 Å². The van der Waals surface area contributed by atoms with Gasteiger partial charge in [0.1, 0.15) is 6.10 Å². The molecular formula is C42H72N2O6S. The van der Waals surface area contributed by atoms with Crippen LogP contribution in [0.1, 0.15) is 139 Å². The maximum Gasteiger partial charge on any atom is 0.306 e. The fraction of sp³-hybridized carbons (Fsp3) is 0.952. The van der Waals surface area contributed by atoms with Crippen molar-refractivity contribution in [2.45, 2.75) is 151 Å². The second-order valence-electron chi connectivity index (χ2n) is 21.0. The van der Waals surface area contributed by atoms with Crippen molar-refractivity contribution in [3.05, 3.63) is 0 Å². The van der Waals surface area contributed by atoms with E-state index >= 15 is 0 Å². The van der Waals surface area contributed by atoms with E-state index in [2.05, 4.69) is 58.7 Å². The highest BCUT2D eigenvalue weighted by Crippen LogP contribution is 2.76. The summed E-state index contributed by atoms with van der Waals surface area (Å²) in [7, 11) is -2.86. The standard InChI is InChI=1S/C42H72N2O6S/c1-28(2)29-12-17-42(43-20-21-44-22-24-51(48,49)25-23-44)19-18-40(8)30(36(29)42)10-11-32-39(7)15-14-33(38(5,6)31(39)13-16-41(32,40)9)50-35(47)27-37(3,4)26-34(45)46/h28-33,36,43H,10-27H2,1-9H3,(H,45,46)/t29-,30?,31-,32?,33-,36+,39-,40+,41+,42+/m0/s1. The molecule has 8 nitrogen and oxygen atoms in total. The van der Waals surface area contributed by atoms with Crippen molar-refractivity contribution in [2.75, 3.05) is 37.7 Å². The summed E-state index contributed by atoms with van der Waals surface area (Å²) in [5, 5.41) is 13.6. The lowest BCUT2D eigenvalue weighted by atomic mass is 9.32. The van der Waals surface area contributed by atoms with Gasteiger partial charge in [0.15, 0.2) is 9.84 Å². The van der Waals surface area contributed by atoms with Gasteiger partial charge in [-0.3, -0.25) is 9.59 Å². The maximum absolute atomic E-state index is 13.2. The Labute approximate surface area is 310 Å². The molecule has 1 heterocycles. The normalized spacial score (nSPS) is 43.4. The number of carbonyl (C=O) groups excluding carboxylic acids is 1. The van der Waals surface area contributed by atoms with Gasteiger partial charge in [-0.2, -0.15) is 0 Å². The first-order chi connectivity index (χ1) is 23.6. The molecule has 6 aliphatic rings. The van der Waals surface area contributed by atoms with Gasteiger partial charge < -0.3 is 20.1 Å². The smallest absolute Gasteiger partial charge is 0.306 e. The minimum absolute atomic E-state index is 0.0420. The summed E-state index contributed by atoms with van der Waals surface area (Å²) in [6.07, 6.45) is 12.0. The number of hydrogen-bond donors (Lipinski definition) is 2. The van der Waals surface area contributed by atoms with Gasteiger partial charge in [-0.25, -0.2) is 8.42 Å². The van der Waals surface area contributed by atoms with Gasteiger partial charge in [-0.05, 0) is 121 Å². The second kappa shape index (κ2) is 13.5. The van der Waals surface area contributed by atoms with E-state index in [-0.39, 0.29) is 52.1 Å². The zero-order valence-electron chi connectivity index (χ0n) is 33.6. The van der Waals surface area contributed by atoms with Crippen molar-refractivity contribution >= 4 is 21.8 Å². The van der Waals surface area contributed by atoms with Crippen LogP contribution in [0.2, 0.25) is 0 Å². The third kappa shape index (κ3) is 6.87. The van der Waals surface area contributed by atoms with Crippen molar-refractivity contribution in [3.63, 3.8) is 0 Å². The number of sulfone groups is 1. The van der Waals surface area contributed by atoms with Crippen LogP contribution >= 0.6 is 0 Å². The molecule has 1 aliphatic heterocycles. The van der Waals surface area contributed by atoms with E-state index in [0.29, 0.717) is 54.2 Å². The van der Waals surface area contributed by atoms with E-state index in [1.807, 2.05) is 13.8 Å². The van der Waals surface area contributed by atoms with Crippen LogP contribution in [0.5, 0.6) is 0 Å². The third-order valence-corrected chi connectivity index (χ3v) is 18.8. The number of rotatable bonds is 10. The van der Waals surface area contributed by atoms with Crippen LogP contribution in [-0.4, -0.2) is 79.7 Å². The lowest BCUT2D eigenvalue weighted by molar-refractivity contribution is -0.247. The molecule has 0 radical (unpaired) electrons. The van der Waals surface area contributed by atoms with Gasteiger partial charge in [0.25, 0.3) is 0 Å². The van der Waals surface area contributed by atoms with Crippen LogP contribution in [0.25, 0.3) is 0 Å². The number of carbonyl (C=O) groups is 2. The van der Waals surface area contributed by atoms with Gasteiger partial charge in [-0.15, -0.1) is 0 Å². The van der Waals surface area contributed by atoms with Gasteiger partial charge in [0.05, 0.1) is 24.3 Å². The SMILES string of the molecule is CC(C)[C@@H]1CC[C@@]2(NCCN3CCS(=O)(=O)CC3)CC[C@]3(C)C(CCC4[C@@]5(C)CC[C@H](OC(=O)CC(C)(C)CC(=O)O)C(C)(C)[C@@H]5CC[C@]43C)[C@@H]12. The van der Waals surface area contributed by atoms with E-state index in [1.165, 1.54) is 51.4 Å². The van der Waals surface area contributed by atoms with Crippen LogP contribution in [-0.2, 0) is 24.2 Å². The van der Waals surface area contributed by atoms with Crippen LogP contribution in [0.3, 0.4) is 0 Å². The van der Waals surface area contributed by atoms with Crippen LogP contribution in [0.15, 0.2) is 0 Å². The number of aliphatic carboxylic acids is 1. The number of esters is 1. The first kappa shape index (κ1) is 39.5. The van der Waals surface area contributed by atoms with Gasteiger partial charge in [0, 0.05) is 37.1 Å². The molecule has 2 unspecified atom stereocenters. The molecule has 2 N–H and O–H groups in total. The Balaban J connectivity index is 1.19. The number of carboxylic acids is 1. The Bertz CT molecular complexity index is 1430. The zero-order chi connectivity index (χ0) is 37.4. The topological polar surface area (TPSA) is 113 Å². The fourth-order valence-electron chi connectivity index (χ4n) is 14.4. The molecule has 5 saturated carbocycles. The molecule has 0 aromatic heterocycles. The first-order valence-corrected chi connectivity index (χ1v) is 22.5. The van der Waals surface area contributed by atoms with E-state index in [4.69, 9.17) is 4.74 Å². The summed E-state index contributed by atoms with van der Waals surface area (Å²) in [6, 6.07) is 0. The molecule has 6 rings (SSSR count). The molecule has 0 amide bonds. The number of hydrogen-bond acceptors (Lipinski definition) is 7. The molecule has 0 bridgehead atoms. The van der Waals surface area contributed by atoms with Gasteiger partial charge >= 0.3 is 11.9 Å². The second-order valence-corrected chi connectivity index (χ2v) is 23.3. The Kier molecular flexibility index (Phi) is 10.5. The Hall–Kier alpha value is -1.19. The molecule has 9 heteroatoms. The average Bonchev–Trinajstić information content (AvgIpc) is 3.39. The van der Waals surface area contributed by atoms with Gasteiger partial charge in [-0.1, -0.05) is 62.3 Å². The Morgan fingerprint density at radius 1 is 0.863 bits per heavy atom. The number of fused-ring (bicyclic) bond motifs is 7. The molecule has 0 spiro atoms. The fourth-order valence-corrected chi connectivity index (χ4v) is 15.7. The number of ether oxygens (including phenoxy) is 1. The van der Waals surface area contributed by atoms with Crippen molar-refractivity contribution in [1.82, 2.24) is 10.2 Å². The summed E-state index contributed by atoms with van der Waals surface area (Å²) in [6.45, 7) is 24.5. The molecule has 6 fully saturated rings. The molecule has 0 aromatic rings. The monoisotopic (exact) mass is 733 g/mol. The predicted molar refractivity (Wildman–Crippen MR) is 203 cm³/mol.